The first-order valence-electron chi connectivity index (χ1n) is 11.8. The van der Waals surface area contributed by atoms with Crippen LogP contribution in [0.15, 0.2) is 30.3 Å². The molecule has 0 radical (unpaired) electrons. The molecule has 0 saturated heterocycles. The number of ether oxygens (including phenoxy) is 9. The molecular formula is C24H42O10. The molecule has 0 bridgehead atoms. The molecule has 0 aliphatic carbocycles. The van der Waals surface area contributed by atoms with Gasteiger partial charge < -0.3 is 47.7 Å². The lowest BCUT2D eigenvalue weighted by Gasteiger charge is -2.09. The fourth-order valence-corrected chi connectivity index (χ4v) is 2.44. The Morgan fingerprint density at radius 1 is 0.382 bits per heavy atom. The number of para-hydroxylation sites is 1. The highest BCUT2D eigenvalue weighted by atomic mass is 16.6. The van der Waals surface area contributed by atoms with Gasteiger partial charge in [0, 0.05) is 0 Å². The minimum absolute atomic E-state index is 0.0298. The van der Waals surface area contributed by atoms with E-state index in [1.54, 1.807) is 0 Å². The van der Waals surface area contributed by atoms with Crippen molar-refractivity contribution in [2.24, 2.45) is 0 Å². The van der Waals surface area contributed by atoms with Gasteiger partial charge in [-0.25, -0.2) is 0 Å². The molecule has 0 aromatic heterocycles. The van der Waals surface area contributed by atoms with Gasteiger partial charge in [-0.2, -0.15) is 0 Å². The molecule has 34 heavy (non-hydrogen) atoms. The molecule has 0 atom stereocenters. The summed E-state index contributed by atoms with van der Waals surface area (Å²) in [6.45, 7) is 8.61. The first kappa shape index (κ1) is 30.7. The Balaban J connectivity index is 1.64. The monoisotopic (exact) mass is 490 g/mol. The number of hydrogen-bond donors (Lipinski definition) is 1. The smallest absolute Gasteiger partial charge is 0.119 e. The van der Waals surface area contributed by atoms with Crippen LogP contribution in [0, 0.1) is 0 Å². The third-order valence-electron chi connectivity index (χ3n) is 4.08. The molecule has 0 aliphatic rings. The highest BCUT2D eigenvalue weighted by molar-refractivity contribution is 5.20. The van der Waals surface area contributed by atoms with E-state index >= 15 is 0 Å². The van der Waals surface area contributed by atoms with Crippen LogP contribution in [-0.4, -0.2) is 124 Å². The maximum absolute atomic E-state index is 8.55. The normalized spacial score (nSPS) is 11.2. The zero-order valence-corrected chi connectivity index (χ0v) is 20.2. The van der Waals surface area contributed by atoms with E-state index in [0.29, 0.717) is 112 Å². The molecule has 0 saturated carbocycles. The Hall–Kier alpha value is -1.34. The van der Waals surface area contributed by atoms with Gasteiger partial charge in [0.1, 0.15) is 12.4 Å². The van der Waals surface area contributed by atoms with Crippen molar-refractivity contribution >= 4 is 0 Å². The van der Waals surface area contributed by atoms with Crippen molar-refractivity contribution in [3.05, 3.63) is 30.3 Å². The molecular weight excluding hydrogens is 448 g/mol. The van der Waals surface area contributed by atoms with E-state index in [1.807, 2.05) is 30.3 Å². The molecule has 198 valence electrons. The molecule has 0 spiro atoms. The molecule has 1 aromatic carbocycles. The van der Waals surface area contributed by atoms with E-state index in [-0.39, 0.29) is 6.61 Å². The number of rotatable bonds is 27. The van der Waals surface area contributed by atoms with E-state index < -0.39 is 0 Å². The quantitative estimate of drug-likeness (QED) is 0.181. The van der Waals surface area contributed by atoms with Crippen molar-refractivity contribution in [3.8, 4) is 5.75 Å². The zero-order chi connectivity index (χ0) is 24.2. The molecule has 0 amide bonds. The van der Waals surface area contributed by atoms with Crippen molar-refractivity contribution in [1.29, 1.82) is 0 Å². The first-order valence-corrected chi connectivity index (χ1v) is 11.8. The first-order chi connectivity index (χ1) is 16.9. The Morgan fingerprint density at radius 2 is 0.676 bits per heavy atom. The van der Waals surface area contributed by atoms with Crippen molar-refractivity contribution < 1.29 is 47.7 Å². The largest absolute Gasteiger partial charge is 0.491 e. The molecule has 10 heteroatoms. The molecule has 1 rings (SSSR count). The van der Waals surface area contributed by atoms with Gasteiger partial charge in [0.15, 0.2) is 0 Å². The van der Waals surface area contributed by atoms with Crippen LogP contribution in [0.2, 0.25) is 0 Å². The van der Waals surface area contributed by atoms with Gasteiger partial charge in [0.25, 0.3) is 0 Å². The second-order valence-corrected chi connectivity index (χ2v) is 6.78. The second-order valence-electron chi connectivity index (χ2n) is 6.78. The van der Waals surface area contributed by atoms with E-state index in [2.05, 4.69) is 0 Å². The summed E-state index contributed by atoms with van der Waals surface area (Å²) in [6, 6.07) is 9.66. The second kappa shape index (κ2) is 26.3. The van der Waals surface area contributed by atoms with Crippen LogP contribution in [0.25, 0.3) is 0 Å². The number of aliphatic hydroxyl groups is 1. The van der Waals surface area contributed by atoms with Crippen molar-refractivity contribution in [3.63, 3.8) is 0 Å². The summed E-state index contributed by atoms with van der Waals surface area (Å²) in [7, 11) is 0. The Labute approximate surface area is 203 Å². The number of benzene rings is 1. The minimum Gasteiger partial charge on any atom is -0.491 e. The molecule has 0 fully saturated rings. The van der Waals surface area contributed by atoms with Crippen LogP contribution in [0.5, 0.6) is 5.75 Å². The highest BCUT2D eigenvalue weighted by Crippen LogP contribution is 2.07. The maximum atomic E-state index is 8.55. The highest BCUT2D eigenvalue weighted by Gasteiger charge is 1.96. The molecule has 1 N–H and O–H groups in total. The average molecular weight is 491 g/mol. The van der Waals surface area contributed by atoms with Gasteiger partial charge in [0.05, 0.1) is 112 Å². The molecule has 1 aromatic rings. The van der Waals surface area contributed by atoms with Crippen molar-refractivity contribution in [1.82, 2.24) is 0 Å². The Morgan fingerprint density at radius 3 is 1.00 bits per heavy atom. The topological polar surface area (TPSA) is 103 Å². The van der Waals surface area contributed by atoms with Crippen molar-refractivity contribution in [2.75, 3.05) is 119 Å². The lowest BCUT2D eigenvalue weighted by Crippen LogP contribution is -2.15. The summed E-state index contributed by atoms with van der Waals surface area (Å²) in [4.78, 5) is 0. The third kappa shape index (κ3) is 22.5. The fourth-order valence-electron chi connectivity index (χ4n) is 2.44. The van der Waals surface area contributed by atoms with Crippen LogP contribution in [0.1, 0.15) is 0 Å². The minimum atomic E-state index is 0.0298. The van der Waals surface area contributed by atoms with E-state index in [9.17, 15) is 0 Å². The number of hydrogen-bond acceptors (Lipinski definition) is 10. The van der Waals surface area contributed by atoms with E-state index in [0.717, 1.165) is 5.75 Å². The third-order valence-corrected chi connectivity index (χ3v) is 4.08. The van der Waals surface area contributed by atoms with Gasteiger partial charge in [0.2, 0.25) is 0 Å². The summed E-state index contributed by atoms with van der Waals surface area (Å²) >= 11 is 0. The van der Waals surface area contributed by atoms with Gasteiger partial charge in [-0.3, -0.25) is 0 Å². The standard InChI is InChI=1S/C24H42O10/c25-6-7-26-8-9-27-10-11-28-12-13-29-14-15-30-16-17-31-18-19-32-20-21-33-22-23-34-24-4-2-1-3-5-24/h1-5,25H,6-23H2. The van der Waals surface area contributed by atoms with E-state index in [1.165, 1.54) is 0 Å². The van der Waals surface area contributed by atoms with Gasteiger partial charge in [-0.15, -0.1) is 0 Å². The summed E-state index contributed by atoms with van der Waals surface area (Å²) in [5.41, 5.74) is 0. The van der Waals surface area contributed by atoms with E-state index in [4.69, 9.17) is 47.7 Å². The molecule has 0 aliphatic heterocycles. The summed E-state index contributed by atoms with van der Waals surface area (Å²) in [6.07, 6.45) is 0. The van der Waals surface area contributed by atoms with Crippen LogP contribution >= 0.6 is 0 Å². The van der Waals surface area contributed by atoms with Gasteiger partial charge in [-0.05, 0) is 12.1 Å². The van der Waals surface area contributed by atoms with Gasteiger partial charge >= 0.3 is 0 Å². The molecule has 0 heterocycles. The van der Waals surface area contributed by atoms with Crippen molar-refractivity contribution in [2.45, 2.75) is 0 Å². The Kier molecular flexibility index (Phi) is 23.7. The maximum Gasteiger partial charge on any atom is 0.119 e. The predicted molar refractivity (Wildman–Crippen MR) is 126 cm³/mol. The van der Waals surface area contributed by atoms with Crippen LogP contribution < -0.4 is 4.74 Å². The van der Waals surface area contributed by atoms with Crippen LogP contribution in [-0.2, 0) is 37.9 Å². The summed E-state index contributed by atoms with van der Waals surface area (Å²) < 4.78 is 48.5. The molecule has 10 nitrogen and oxygen atoms in total. The van der Waals surface area contributed by atoms with Crippen LogP contribution in [0.3, 0.4) is 0 Å². The zero-order valence-electron chi connectivity index (χ0n) is 20.2. The average Bonchev–Trinajstić information content (AvgIpc) is 2.87. The SMILES string of the molecule is OCCOCCOCCOCCOCCOCCOCCOCCOCCOc1ccccc1. The summed E-state index contributed by atoms with van der Waals surface area (Å²) in [5, 5.41) is 8.55. The number of aliphatic hydroxyl groups excluding tert-OH is 1. The van der Waals surface area contributed by atoms with Gasteiger partial charge in [-0.1, -0.05) is 18.2 Å². The summed E-state index contributed by atoms with van der Waals surface area (Å²) in [5.74, 6) is 0.845. The molecule has 0 unspecified atom stereocenters. The lowest BCUT2D eigenvalue weighted by molar-refractivity contribution is -0.0242. The fraction of sp³-hybridized carbons (Fsp3) is 0.750. The Bertz CT molecular complexity index is 506. The van der Waals surface area contributed by atoms with Crippen LogP contribution in [0.4, 0.5) is 0 Å². The lowest BCUT2D eigenvalue weighted by atomic mass is 10.3. The predicted octanol–water partition coefficient (Wildman–Crippen LogP) is 1.19.